The highest BCUT2D eigenvalue weighted by Gasteiger charge is 2.37. The first-order chi connectivity index (χ1) is 10.6. The van der Waals surface area contributed by atoms with Crippen molar-refractivity contribution in [1.29, 1.82) is 0 Å². The van der Waals surface area contributed by atoms with Gasteiger partial charge in [0.1, 0.15) is 0 Å². The average molecular weight is 377 g/mol. The molecule has 1 aliphatic rings. The molecule has 2 atom stereocenters. The lowest BCUT2D eigenvalue weighted by Crippen LogP contribution is -2.41. The molecule has 4 heteroatoms. The lowest BCUT2D eigenvalue weighted by molar-refractivity contribution is 0.226. The van der Waals surface area contributed by atoms with Gasteiger partial charge in [-0.25, -0.2) is 0 Å². The SMILES string of the molecule is C[C@H](CCC[C@H](C)CO[Si](C)(C)C(C)(C)C)CC1SCCCS1. The molecular weight excluding hydrogens is 336 g/mol. The fourth-order valence-electron chi connectivity index (χ4n) is 2.58. The van der Waals surface area contributed by atoms with Gasteiger partial charge in [0.05, 0.1) is 4.58 Å². The van der Waals surface area contributed by atoms with Crippen molar-refractivity contribution < 1.29 is 4.43 Å². The van der Waals surface area contributed by atoms with Gasteiger partial charge in [-0.2, -0.15) is 0 Å². The minimum absolute atomic E-state index is 0.330. The minimum Gasteiger partial charge on any atom is -0.417 e. The molecule has 0 unspecified atom stereocenters. The molecule has 1 nitrogen and oxygen atoms in total. The third-order valence-corrected chi connectivity index (χ3v) is 12.9. The standard InChI is InChI=1S/C19H40OS2Si/c1-16(14-18-21-12-9-13-22-18)10-8-11-17(2)15-20-23(6,7)19(3,4)5/h16-18H,8-15H2,1-7H3/t16-,17+/m1/s1. The van der Waals surface area contributed by atoms with Crippen LogP contribution in [0.3, 0.4) is 0 Å². The quantitative estimate of drug-likeness (QED) is 0.399. The van der Waals surface area contributed by atoms with Crippen LogP contribution in [0.15, 0.2) is 0 Å². The van der Waals surface area contributed by atoms with Gasteiger partial charge < -0.3 is 4.43 Å². The van der Waals surface area contributed by atoms with Gasteiger partial charge >= 0.3 is 0 Å². The molecule has 138 valence electrons. The summed E-state index contributed by atoms with van der Waals surface area (Å²) >= 11 is 4.38. The van der Waals surface area contributed by atoms with Gasteiger partial charge in [-0.1, -0.05) is 47.5 Å². The molecule has 0 amide bonds. The summed E-state index contributed by atoms with van der Waals surface area (Å²) in [5.74, 6) is 4.35. The predicted octanol–water partition coefficient (Wildman–Crippen LogP) is 7.04. The number of rotatable bonds is 9. The Hall–Kier alpha value is 0.877. The fourth-order valence-corrected chi connectivity index (χ4v) is 6.94. The van der Waals surface area contributed by atoms with Crippen molar-refractivity contribution in [3.63, 3.8) is 0 Å². The molecule has 1 heterocycles. The second-order valence-electron chi connectivity index (χ2n) is 8.97. The zero-order valence-electron chi connectivity index (χ0n) is 16.6. The molecule has 1 fully saturated rings. The molecule has 0 bridgehead atoms. The normalized spacial score (nSPS) is 20.5. The summed E-state index contributed by atoms with van der Waals surface area (Å²) in [4.78, 5) is 0. The van der Waals surface area contributed by atoms with Gasteiger partial charge in [0.2, 0.25) is 0 Å². The van der Waals surface area contributed by atoms with Crippen molar-refractivity contribution >= 4 is 31.8 Å². The molecule has 0 aromatic carbocycles. The van der Waals surface area contributed by atoms with Gasteiger partial charge in [0, 0.05) is 6.61 Å². The highest BCUT2D eigenvalue weighted by atomic mass is 32.2. The van der Waals surface area contributed by atoms with E-state index in [2.05, 4.69) is 71.2 Å². The second-order valence-corrected chi connectivity index (χ2v) is 16.7. The first kappa shape index (κ1) is 21.9. The van der Waals surface area contributed by atoms with E-state index in [0.29, 0.717) is 11.0 Å². The monoisotopic (exact) mass is 376 g/mol. The van der Waals surface area contributed by atoms with E-state index in [4.69, 9.17) is 4.43 Å². The summed E-state index contributed by atoms with van der Waals surface area (Å²) in [5, 5.41) is 0.330. The minimum atomic E-state index is -1.56. The first-order valence-electron chi connectivity index (χ1n) is 9.49. The summed E-state index contributed by atoms with van der Waals surface area (Å²) in [6.45, 7) is 17.5. The fraction of sp³-hybridized carbons (Fsp3) is 1.00. The van der Waals surface area contributed by atoms with Crippen LogP contribution in [0.1, 0.15) is 66.7 Å². The highest BCUT2D eigenvalue weighted by molar-refractivity contribution is 8.17. The van der Waals surface area contributed by atoms with E-state index in [0.717, 1.165) is 17.1 Å². The van der Waals surface area contributed by atoms with Crippen LogP contribution in [0, 0.1) is 11.8 Å². The Morgan fingerprint density at radius 1 is 1.04 bits per heavy atom. The van der Waals surface area contributed by atoms with Crippen molar-refractivity contribution in [2.24, 2.45) is 11.8 Å². The summed E-state index contributed by atoms with van der Waals surface area (Å²) < 4.78 is 7.24. The van der Waals surface area contributed by atoms with E-state index < -0.39 is 8.32 Å². The maximum Gasteiger partial charge on any atom is 0.191 e. The van der Waals surface area contributed by atoms with E-state index >= 15 is 0 Å². The summed E-state index contributed by atoms with van der Waals surface area (Å²) in [6, 6.07) is 0. The molecule has 0 aliphatic carbocycles. The summed E-state index contributed by atoms with van der Waals surface area (Å²) in [5.41, 5.74) is 0. The zero-order chi connectivity index (χ0) is 17.5. The third kappa shape index (κ3) is 8.69. The average Bonchev–Trinajstić information content (AvgIpc) is 2.45. The van der Waals surface area contributed by atoms with E-state index in [1.165, 1.54) is 43.6 Å². The van der Waals surface area contributed by atoms with Crippen LogP contribution in [0.5, 0.6) is 0 Å². The van der Waals surface area contributed by atoms with Gasteiger partial charge in [-0.15, -0.1) is 23.5 Å². The molecule has 0 N–H and O–H groups in total. The van der Waals surface area contributed by atoms with E-state index in [1.807, 2.05) is 0 Å². The topological polar surface area (TPSA) is 9.23 Å². The Labute approximate surface area is 155 Å². The highest BCUT2D eigenvalue weighted by Crippen LogP contribution is 2.37. The molecule has 0 saturated carbocycles. The number of hydrogen-bond acceptors (Lipinski definition) is 3. The molecule has 0 radical (unpaired) electrons. The van der Waals surface area contributed by atoms with Crippen molar-refractivity contribution in [2.75, 3.05) is 18.1 Å². The van der Waals surface area contributed by atoms with Gasteiger partial charge in [0.25, 0.3) is 0 Å². The molecule has 1 saturated heterocycles. The zero-order valence-corrected chi connectivity index (χ0v) is 19.2. The molecule has 0 aromatic heterocycles. The Kier molecular flexibility index (Phi) is 9.65. The molecular formula is C19H40OS2Si. The molecule has 0 spiro atoms. The Morgan fingerprint density at radius 2 is 1.61 bits per heavy atom. The van der Waals surface area contributed by atoms with Crippen LogP contribution in [0.2, 0.25) is 18.1 Å². The molecule has 1 rings (SSSR count). The van der Waals surface area contributed by atoms with Crippen LogP contribution in [-0.4, -0.2) is 31.0 Å². The van der Waals surface area contributed by atoms with Crippen molar-refractivity contribution in [2.45, 2.75) is 89.4 Å². The van der Waals surface area contributed by atoms with Crippen LogP contribution >= 0.6 is 23.5 Å². The van der Waals surface area contributed by atoms with E-state index in [1.54, 1.807) is 0 Å². The maximum atomic E-state index is 6.37. The largest absolute Gasteiger partial charge is 0.417 e. The maximum absolute atomic E-state index is 6.37. The third-order valence-electron chi connectivity index (χ3n) is 5.42. The first-order valence-corrected chi connectivity index (χ1v) is 14.5. The van der Waals surface area contributed by atoms with Gasteiger partial charge in [-0.3, -0.25) is 0 Å². The lowest BCUT2D eigenvalue weighted by Gasteiger charge is -2.37. The smallest absolute Gasteiger partial charge is 0.191 e. The van der Waals surface area contributed by atoms with Crippen molar-refractivity contribution in [1.82, 2.24) is 0 Å². The van der Waals surface area contributed by atoms with Crippen LogP contribution in [-0.2, 0) is 4.43 Å². The van der Waals surface area contributed by atoms with Gasteiger partial charge in [-0.05, 0) is 60.7 Å². The van der Waals surface area contributed by atoms with Crippen molar-refractivity contribution in [3.8, 4) is 0 Å². The van der Waals surface area contributed by atoms with Crippen molar-refractivity contribution in [3.05, 3.63) is 0 Å². The van der Waals surface area contributed by atoms with E-state index in [-0.39, 0.29) is 0 Å². The number of hydrogen-bond donors (Lipinski definition) is 0. The van der Waals surface area contributed by atoms with Crippen LogP contribution in [0.4, 0.5) is 0 Å². The van der Waals surface area contributed by atoms with E-state index in [9.17, 15) is 0 Å². The van der Waals surface area contributed by atoms with Crippen LogP contribution in [0.25, 0.3) is 0 Å². The molecule has 23 heavy (non-hydrogen) atoms. The number of thioether (sulfide) groups is 2. The summed E-state index contributed by atoms with van der Waals surface area (Å²) in [6.07, 6.45) is 6.90. The molecule has 0 aromatic rings. The van der Waals surface area contributed by atoms with Crippen LogP contribution < -0.4 is 0 Å². The Morgan fingerprint density at radius 3 is 2.17 bits per heavy atom. The predicted molar refractivity (Wildman–Crippen MR) is 113 cm³/mol. The molecule has 1 aliphatic heterocycles. The Balaban J connectivity index is 2.14. The second kappa shape index (κ2) is 10.1. The Bertz CT molecular complexity index is 322. The van der Waals surface area contributed by atoms with Gasteiger partial charge in [0.15, 0.2) is 8.32 Å². The lowest BCUT2D eigenvalue weighted by atomic mass is 9.97. The summed E-state index contributed by atoms with van der Waals surface area (Å²) in [7, 11) is -1.56.